The van der Waals surface area contributed by atoms with Crippen molar-refractivity contribution in [3.8, 4) is 0 Å². The number of hydrogen-bond acceptors (Lipinski definition) is 3. The summed E-state index contributed by atoms with van der Waals surface area (Å²) in [5, 5.41) is 6.66. The lowest BCUT2D eigenvalue weighted by molar-refractivity contribution is -0.137. The van der Waals surface area contributed by atoms with Crippen molar-refractivity contribution >= 4 is 5.69 Å². The van der Waals surface area contributed by atoms with Crippen molar-refractivity contribution in [3.63, 3.8) is 0 Å². The van der Waals surface area contributed by atoms with Gasteiger partial charge in [0, 0.05) is 11.8 Å². The molecule has 0 fully saturated rings. The molecule has 1 aromatic heterocycles. The van der Waals surface area contributed by atoms with Gasteiger partial charge in [-0.05, 0) is 31.2 Å². The number of hydrogen-bond donors (Lipinski definition) is 1. The zero-order valence-corrected chi connectivity index (χ0v) is 9.58. The number of alkyl halides is 3. The lowest BCUT2D eigenvalue weighted by atomic mass is 10.2. The third-order valence-corrected chi connectivity index (χ3v) is 2.36. The first-order valence-electron chi connectivity index (χ1n) is 5.28. The number of nitrogens with zero attached hydrogens (tertiary/aromatic N) is 1. The maximum Gasteiger partial charge on any atom is 0.416 e. The van der Waals surface area contributed by atoms with Gasteiger partial charge >= 0.3 is 6.18 Å². The number of aromatic nitrogens is 1. The number of anilines is 1. The summed E-state index contributed by atoms with van der Waals surface area (Å²) in [5.41, 5.74) is 0.694. The minimum absolute atomic E-state index is 0.381. The standard InChI is InChI=1S/C12H11F3N2O/c1-8-6-11(18-17-8)7-16-10-4-2-9(3-5-10)12(13,14)15/h2-6,16H,7H2,1H3. The Morgan fingerprint density at radius 1 is 1.22 bits per heavy atom. The Balaban J connectivity index is 1.98. The average Bonchev–Trinajstić information content (AvgIpc) is 2.72. The summed E-state index contributed by atoms with van der Waals surface area (Å²) in [6.45, 7) is 2.18. The fourth-order valence-corrected chi connectivity index (χ4v) is 1.47. The summed E-state index contributed by atoms with van der Waals surface area (Å²) in [6, 6.07) is 6.59. The Labute approximate surface area is 102 Å². The van der Waals surface area contributed by atoms with E-state index in [1.54, 1.807) is 13.0 Å². The van der Waals surface area contributed by atoms with Crippen LogP contribution in [0, 0.1) is 6.92 Å². The van der Waals surface area contributed by atoms with Gasteiger partial charge in [-0.1, -0.05) is 5.16 Å². The van der Waals surface area contributed by atoms with Crippen LogP contribution in [0.1, 0.15) is 17.0 Å². The van der Waals surface area contributed by atoms with Crippen molar-refractivity contribution in [1.29, 1.82) is 0 Å². The zero-order valence-electron chi connectivity index (χ0n) is 9.58. The Bertz CT molecular complexity index is 517. The summed E-state index contributed by atoms with van der Waals surface area (Å²) in [7, 11) is 0. The summed E-state index contributed by atoms with van der Waals surface area (Å²) in [5.74, 6) is 0.632. The van der Waals surface area contributed by atoms with Gasteiger partial charge in [0.15, 0.2) is 5.76 Å². The molecule has 2 aromatic rings. The molecule has 2 rings (SSSR count). The zero-order chi connectivity index (χ0) is 13.2. The molecule has 18 heavy (non-hydrogen) atoms. The Morgan fingerprint density at radius 2 is 1.89 bits per heavy atom. The number of rotatable bonds is 3. The first-order chi connectivity index (χ1) is 8.45. The van der Waals surface area contributed by atoms with E-state index in [9.17, 15) is 13.2 Å². The second-order valence-electron chi connectivity index (χ2n) is 3.86. The smallest absolute Gasteiger partial charge is 0.378 e. The van der Waals surface area contributed by atoms with Crippen molar-refractivity contribution in [2.45, 2.75) is 19.6 Å². The van der Waals surface area contributed by atoms with Gasteiger partial charge in [-0.2, -0.15) is 13.2 Å². The van der Waals surface area contributed by atoms with Crippen LogP contribution in [0.25, 0.3) is 0 Å². The molecule has 3 nitrogen and oxygen atoms in total. The van der Waals surface area contributed by atoms with E-state index in [2.05, 4.69) is 10.5 Å². The first kappa shape index (κ1) is 12.5. The van der Waals surface area contributed by atoms with Gasteiger partial charge in [0.05, 0.1) is 17.8 Å². The normalized spacial score (nSPS) is 11.6. The van der Waals surface area contributed by atoms with Crippen LogP contribution in [0.5, 0.6) is 0 Å². The number of nitrogens with one attached hydrogen (secondary N) is 1. The van der Waals surface area contributed by atoms with Crippen LogP contribution in [0.4, 0.5) is 18.9 Å². The molecule has 1 N–H and O–H groups in total. The fourth-order valence-electron chi connectivity index (χ4n) is 1.47. The highest BCUT2D eigenvalue weighted by atomic mass is 19.4. The molecular formula is C12H11F3N2O. The molecule has 1 aromatic carbocycles. The Morgan fingerprint density at radius 3 is 2.39 bits per heavy atom. The van der Waals surface area contributed by atoms with Gasteiger partial charge in [0.25, 0.3) is 0 Å². The van der Waals surface area contributed by atoms with E-state index in [1.807, 2.05) is 0 Å². The number of halogens is 3. The summed E-state index contributed by atoms with van der Waals surface area (Å²) in [6.07, 6.45) is -4.30. The van der Waals surface area contributed by atoms with E-state index in [0.29, 0.717) is 18.0 Å². The molecule has 6 heteroatoms. The van der Waals surface area contributed by atoms with Crippen LogP contribution in [0.15, 0.2) is 34.9 Å². The van der Waals surface area contributed by atoms with Crippen molar-refractivity contribution in [1.82, 2.24) is 5.16 Å². The lowest BCUT2D eigenvalue weighted by Crippen LogP contribution is -2.05. The van der Waals surface area contributed by atoms with Crippen LogP contribution in [0.3, 0.4) is 0 Å². The highest BCUT2D eigenvalue weighted by molar-refractivity contribution is 5.45. The van der Waals surface area contributed by atoms with Gasteiger partial charge in [-0.15, -0.1) is 0 Å². The second kappa shape index (κ2) is 4.72. The molecule has 96 valence electrons. The fraction of sp³-hybridized carbons (Fsp3) is 0.250. The minimum atomic E-state index is -4.30. The molecule has 0 saturated carbocycles. The van der Waals surface area contributed by atoms with Gasteiger partial charge in [0.2, 0.25) is 0 Å². The van der Waals surface area contributed by atoms with Gasteiger partial charge < -0.3 is 9.84 Å². The Hall–Kier alpha value is -1.98. The summed E-state index contributed by atoms with van der Waals surface area (Å²) in [4.78, 5) is 0. The van der Waals surface area contributed by atoms with Crippen LogP contribution in [0.2, 0.25) is 0 Å². The predicted octanol–water partition coefficient (Wildman–Crippen LogP) is 3.61. The summed E-state index contributed by atoms with van der Waals surface area (Å²) >= 11 is 0. The molecular weight excluding hydrogens is 245 g/mol. The molecule has 0 radical (unpaired) electrons. The molecule has 0 unspecified atom stereocenters. The maximum absolute atomic E-state index is 12.3. The third-order valence-electron chi connectivity index (χ3n) is 2.36. The molecule has 0 saturated heterocycles. The van der Waals surface area contributed by atoms with Gasteiger partial charge in [-0.3, -0.25) is 0 Å². The number of aryl methyl sites for hydroxylation is 1. The molecule has 0 aliphatic rings. The first-order valence-corrected chi connectivity index (χ1v) is 5.28. The van der Waals surface area contributed by atoms with Crippen LogP contribution < -0.4 is 5.32 Å². The third kappa shape index (κ3) is 3.03. The van der Waals surface area contributed by atoms with E-state index in [4.69, 9.17) is 4.52 Å². The van der Waals surface area contributed by atoms with Crippen LogP contribution in [-0.2, 0) is 12.7 Å². The van der Waals surface area contributed by atoms with Crippen molar-refractivity contribution < 1.29 is 17.7 Å². The Kier molecular flexibility index (Phi) is 3.27. The molecule has 0 spiro atoms. The van der Waals surface area contributed by atoms with E-state index in [0.717, 1.165) is 17.8 Å². The molecule has 0 aliphatic heterocycles. The van der Waals surface area contributed by atoms with Crippen LogP contribution >= 0.6 is 0 Å². The lowest BCUT2D eigenvalue weighted by Gasteiger charge is -2.08. The van der Waals surface area contributed by atoms with E-state index in [1.165, 1.54) is 12.1 Å². The van der Waals surface area contributed by atoms with Crippen molar-refractivity contribution in [2.75, 3.05) is 5.32 Å². The van der Waals surface area contributed by atoms with E-state index in [-0.39, 0.29) is 0 Å². The quantitative estimate of drug-likeness (QED) is 0.911. The summed E-state index contributed by atoms with van der Waals surface area (Å²) < 4.78 is 42.0. The topological polar surface area (TPSA) is 38.1 Å². The molecule has 0 bridgehead atoms. The maximum atomic E-state index is 12.3. The van der Waals surface area contributed by atoms with E-state index >= 15 is 0 Å². The molecule has 1 heterocycles. The van der Waals surface area contributed by atoms with Crippen molar-refractivity contribution in [3.05, 3.63) is 47.3 Å². The van der Waals surface area contributed by atoms with Gasteiger partial charge in [-0.25, -0.2) is 0 Å². The highest BCUT2D eigenvalue weighted by Gasteiger charge is 2.29. The SMILES string of the molecule is Cc1cc(CNc2ccc(C(F)(F)F)cc2)on1. The minimum Gasteiger partial charge on any atom is -0.378 e. The molecule has 0 amide bonds. The van der Waals surface area contributed by atoms with Gasteiger partial charge in [0.1, 0.15) is 0 Å². The predicted molar refractivity (Wildman–Crippen MR) is 60.0 cm³/mol. The highest BCUT2D eigenvalue weighted by Crippen LogP contribution is 2.29. The monoisotopic (exact) mass is 256 g/mol. The largest absolute Gasteiger partial charge is 0.416 e. The average molecular weight is 256 g/mol. The second-order valence-corrected chi connectivity index (χ2v) is 3.86. The van der Waals surface area contributed by atoms with Crippen LogP contribution in [-0.4, -0.2) is 5.16 Å². The van der Waals surface area contributed by atoms with Crippen molar-refractivity contribution in [2.24, 2.45) is 0 Å². The van der Waals surface area contributed by atoms with E-state index < -0.39 is 11.7 Å². The molecule has 0 aliphatic carbocycles. The number of benzene rings is 1. The molecule has 0 atom stereocenters.